The fourth-order valence-corrected chi connectivity index (χ4v) is 8.01. The summed E-state index contributed by atoms with van der Waals surface area (Å²) in [7, 11) is -0.445. The number of benzene rings is 3. The third kappa shape index (κ3) is 16.5. The summed E-state index contributed by atoms with van der Waals surface area (Å²) in [6.45, 7) is 3.24. The number of pyridine rings is 2. The molecule has 82 heavy (non-hydrogen) atoms. The Kier molecular flexibility index (Phi) is 20.9. The van der Waals surface area contributed by atoms with E-state index in [0.29, 0.717) is 60.7 Å². The van der Waals surface area contributed by atoms with Crippen LogP contribution in [0.25, 0.3) is 16.6 Å². The first-order valence-corrected chi connectivity index (χ1v) is 24.9. The molecule has 32 heteroatoms. The Morgan fingerprint density at radius 1 is 0.805 bits per heavy atom. The number of aryl methyl sites for hydroxylation is 1. The predicted octanol–water partition coefficient (Wildman–Crippen LogP) is 7.10. The minimum absolute atomic E-state index is 0.0623. The molecule has 0 saturated heterocycles. The Labute approximate surface area is 463 Å². The molecule has 4 heterocycles. The number of fused-ring (bicyclic) bond motifs is 1. The molecule has 3 aromatic carbocycles. The van der Waals surface area contributed by atoms with Crippen LogP contribution in [0.4, 0.5) is 37.1 Å². The lowest BCUT2D eigenvalue weighted by Crippen LogP contribution is -2.40. The number of hydrogen-bond donors (Lipinski definition) is 4. The van der Waals surface area contributed by atoms with Gasteiger partial charge < -0.3 is 38.6 Å². The maximum atomic E-state index is 13.1. The first kappa shape index (κ1) is 63.3. The largest absolute Gasteiger partial charge is 0.489 e. The number of hydrogen-bond acceptors (Lipinski definition) is 18. The molecule has 0 bridgehead atoms. The van der Waals surface area contributed by atoms with Gasteiger partial charge in [-0.2, -0.15) is 44.7 Å². The number of methoxy groups -OCH3 is 3. The molecule has 0 radical (unpaired) electrons. The van der Waals surface area contributed by atoms with Crippen LogP contribution < -0.4 is 45.0 Å². The molecule has 2 amide bonds. The van der Waals surface area contributed by atoms with Gasteiger partial charge in [0.2, 0.25) is 17.7 Å². The van der Waals surface area contributed by atoms with E-state index < -0.39 is 98.2 Å². The maximum absolute atomic E-state index is 13.1. The lowest BCUT2D eigenvalue weighted by molar-refractivity contribution is -0.148. The lowest BCUT2D eigenvalue weighted by atomic mass is 10.1. The van der Waals surface area contributed by atoms with E-state index in [1.54, 1.807) is 37.4 Å². The number of anilines is 1. The lowest BCUT2D eigenvalue weighted by Gasteiger charge is -2.17. The van der Waals surface area contributed by atoms with Crippen molar-refractivity contribution in [2.24, 2.45) is 7.05 Å². The average Bonchev–Trinajstić information content (AvgIpc) is 3.59. The van der Waals surface area contributed by atoms with Gasteiger partial charge >= 0.3 is 42.0 Å². The van der Waals surface area contributed by atoms with E-state index in [1.165, 1.54) is 56.4 Å². The molecule has 1 atom stereocenters. The highest BCUT2D eigenvalue weighted by Crippen LogP contribution is 2.32. The average molecular weight is 1200 g/mol. The third-order valence-corrected chi connectivity index (χ3v) is 12.3. The SMILES string of the molecule is CCc1ccc(COc2ccc(-n3c(=O)cc(C(F)(F)F)n(C)c3=O)cc2)c(OC(C)C(=O)OC)c1.COc1cc(OC)nc(NC(=O)NS(=O)(=O)c2nc(C(F)(F)F)ccc2C(=O)O)n1.O=C(O)COc1ccc(Cl)c2cccnc12. The van der Waals surface area contributed by atoms with Crippen molar-refractivity contribution in [3.63, 3.8) is 0 Å². The van der Waals surface area contributed by atoms with Crippen LogP contribution in [-0.4, -0.2) is 106 Å². The first-order valence-electron chi connectivity index (χ1n) is 23.0. The van der Waals surface area contributed by atoms with E-state index in [-0.39, 0.29) is 24.1 Å². The molecule has 7 aromatic rings. The highest BCUT2D eigenvalue weighted by Gasteiger charge is 2.37. The number of rotatable bonds is 17. The molecular formula is C50H45ClF6N8O16S. The van der Waals surface area contributed by atoms with E-state index in [4.69, 9.17) is 50.2 Å². The minimum Gasteiger partial charge on any atom is -0.489 e. The van der Waals surface area contributed by atoms with E-state index >= 15 is 0 Å². The topological polar surface area (TPSA) is 318 Å². The van der Waals surface area contributed by atoms with E-state index in [0.717, 1.165) is 24.4 Å². The molecule has 0 aliphatic heterocycles. The molecule has 0 spiro atoms. The van der Waals surface area contributed by atoms with Gasteiger partial charge in [0.1, 0.15) is 40.8 Å². The van der Waals surface area contributed by atoms with Crippen molar-refractivity contribution >= 4 is 62.4 Å². The number of halogens is 7. The Morgan fingerprint density at radius 3 is 2.04 bits per heavy atom. The van der Waals surface area contributed by atoms with Gasteiger partial charge in [-0.15, -0.1) is 0 Å². The van der Waals surface area contributed by atoms with E-state index in [2.05, 4.69) is 19.9 Å². The number of urea groups is 1. The second-order valence-corrected chi connectivity index (χ2v) is 18.2. The smallest absolute Gasteiger partial charge is 0.433 e. The fraction of sp³-hybridized carbons (Fsp3) is 0.240. The summed E-state index contributed by atoms with van der Waals surface area (Å²) in [6, 6.07) is 18.9. The Morgan fingerprint density at radius 2 is 1.46 bits per heavy atom. The first-order chi connectivity index (χ1) is 38.5. The van der Waals surface area contributed by atoms with Gasteiger partial charge in [-0.25, -0.2) is 38.2 Å². The molecule has 4 aromatic heterocycles. The number of amides is 2. The summed E-state index contributed by atoms with van der Waals surface area (Å²) < 4.78 is 136. The number of carbonyl (C=O) groups excluding carboxylic acids is 2. The van der Waals surface area contributed by atoms with Crippen molar-refractivity contribution in [2.75, 3.05) is 33.3 Å². The number of carboxylic acids is 2. The van der Waals surface area contributed by atoms with Crippen molar-refractivity contribution in [2.45, 2.75) is 50.4 Å². The van der Waals surface area contributed by atoms with Crippen LogP contribution in [0, 0.1) is 0 Å². The van der Waals surface area contributed by atoms with Crippen molar-refractivity contribution in [1.82, 2.24) is 33.8 Å². The minimum atomic E-state index is -5.14. The zero-order valence-electron chi connectivity index (χ0n) is 43.3. The zero-order valence-corrected chi connectivity index (χ0v) is 44.9. The highest BCUT2D eigenvalue weighted by atomic mass is 35.5. The summed E-state index contributed by atoms with van der Waals surface area (Å²) in [5.74, 6) is -2.77. The monoisotopic (exact) mass is 1190 g/mol. The summed E-state index contributed by atoms with van der Waals surface area (Å²) in [5.41, 5.74) is -3.99. The summed E-state index contributed by atoms with van der Waals surface area (Å²) in [5, 5.41) is 19.3. The number of carboxylic acid groups (broad SMARTS) is 2. The quantitative estimate of drug-likeness (QED) is 0.0521. The molecule has 4 N–H and O–H groups in total. The summed E-state index contributed by atoms with van der Waals surface area (Å²) >= 11 is 5.98. The second-order valence-electron chi connectivity index (χ2n) is 16.2. The highest BCUT2D eigenvalue weighted by molar-refractivity contribution is 7.90. The van der Waals surface area contributed by atoms with Crippen molar-refractivity contribution < 1.29 is 92.6 Å². The van der Waals surface area contributed by atoms with Crippen LogP contribution in [0.2, 0.25) is 5.02 Å². The number of esters is 1. The third-order valence-electron chi connectivity index (χ3n) is 10.7. The number of aliphatic carboxylic acids is 1. The maximum Gasteiger partial charge on any atom is 0.433 e. The molecule has 436 valence electrons. The van der Waals surface area contributed by atoms with Gasteiger partial charge in [0, 0.05) is 30.3 Å². The van der Waals surface area contributed by atoms with Crippen molar-refractivity contribution in [3.05, 3.63) is 151 Å². The van der Waals surface area contributed by atoms with Crippen molar-refractivity contribution in [1.29, 1.82) is 0 Å². The van der Waals surface area contributed by atoms with Gasteiger partial charge in [0.25, 0.3) is 15.6 Å². The molecular weight excluding hydrogens is 1150 g/mol. The van der Waals surface area contributed by atoms with Crippen molar-refractivity contribution in [3.8, 4) is 34.7 Å². The number of aromatic carboxylic acids is 1. The molecule has 1 unspecified atom stereocenters. The summed E-state index contributed by atoms with van der Waals surface area (Å²) in [4.78, 5) is 84.4. The number of nitrogens with one attached hydrogen (secondary N) is 2. The molecule has 7 rings (SSSR count). The normalized spacial score (nSPS) is 11.6. The molecule has 0 aliphatic rings. The van der Waals surface area contributed by atoms with Crippen LogP contribution in [0.1, 0.15) is 46.7 Å². The van der Waals surface area contributed by atoms with E-state index in [9.17, 15) is 63.5 Å². The van der Waals surface area contributed by atoms with Gasteiger partial charge in [-0.05, 0) is 85.6 Å². The second kappa shape index (κ2) is 27.1. The predicted molar refractivity (Wildman–Crippen MR) is 275 cm³/mol. The molecule has 24 nitrogen and oxygen atoms in total. The van der Waals surface area contributed by atoms with Gasteiger partial charge in [0.15, 0.2) is 17.7 Å². The van der Waals surface area contributed by atoms with Crippen LogP contribution >= 0.6 is 11.6 Å². The molecule has 0 saturated carbocycles. The Hall–Kier alpha value is -9.52. The molecule has 0 aliphatic carbocycles. The number of sulfonamides is 1. The Balaban J connectivity index is 0.000000241. The standard InChI is InChI=1S/C25H25F3N2O6.C14H12F3N5O7S.C11H8ClNO3/c1-5-16-6-7-17(20(12-16)36-15(2)23(32)34-4)14-35-19-10-8-18(9-11-19)30-22(31)13-21(25(26,27)28)29(3)24(30)33;1-28-8-5-9(29-2)20-12(19-8)21-13(25)22-30(26,27)10-6(11(23)24)3-4-7(18-10)14(15,16)17;12-8-3-4-9(16-6-10(14)15)11-7(8)2-1-5-13-11/h6-13,15H,5,14H2,1-4H3;3-5H,1-2H3,(H,23,24)(H2,19,20,21,22,25);1-5H,6H2,(H,14,15). The number of ether oxygens (including phenoxy) is 6. The van der Waals surface area contributed by atoms with Gasteiger partial charge in [-0.3, -0.25) is 19.7 Å². The van der Waals surface area contributed by atoms with Crippen LogP contribution in [0.15, 0.2) is 112 Å². The number of carbonyl (C=O) groups is 4. The van der Waals surface area contributed by atoms with Crippen LogP contribution in [0.3, 0.4) is 0 Å². The zero-order chi connectivity index (χ0) is 60.9. The number of alkyl halides is 6. The summed E-state index contributed by atoms with van der Waals surface area (Å²) in [6.07, 6.45) is -8.37. The van der Waals surface area contributed by atoms with Crippen LogP contribution in [0.5, 0.6) is 29.0 Å². The van der Waals surface area contributed by atoms with Gasteiger partial charge in [-0.1, -0.05) is 30.7 Å². The van der Waals surface area contributed by atoms with Gasteiger partial charge in [0.05, 0.1) is 43.7 Å². The number of nitrogens with zero attached hydrogens (tertiary/aromatic N) is 6. The Bertz CT molecular complexity index is 3710. The molecule has 0 fully saturated rings. The fourth-order valence-electron chi connectivity index (χ4n) is 6.74. The number of aromatic nitrogens is 6. The van der Waals surface area contributed by atoms with E-state index in [1.807, 2.05) is 30.4 Å². The van der Waals surface area contributed by atoms with Crippen LogP contribution in [-0.2, 0) is 56.8 Å².